The second-order valence-electron chi connectivity index (χ2n) is 5.64. The predicted molar refractivity (Wildman–Crippen MR) is 97.8 cm³/mol. The van der Waals surface area contributed by atoms with Gasteiger partial charge < -0.3 is 4.74 Å². The average molecular weight is 322 g/mol. The van der Waals surface area contributed by atoms with Crippen molar-refractivity contribution in [2.75, 3.05) is 6.61 Å². The number of aryl methyl sites for hydroxylation is 3. The lowest BCUT2D eigenvalue weighted by atomic mass is 10.0. The van der Waals surface area contributed by atoms with E-state index in [-0.39, 0.29) is 5.91 Å². The maximum absolute atomic E-state index is 12.1. The van der Waals surface area contributed by atoms with Crippen LogP contribution in [0.3, 0.4) is 0 Å². The summed E-state index contributed by atoms with van der Waals surface area (Å²) in [7, 11) is 0. The zero-order valence-corrected chi connectivity index (χ0v) is 14.3. The maximum atomic E-state index is 12.1. The number of benzene rings is 2. The summed E-state index contributed by atoms with van der Waals surface area (Å²) in [4.78, 5) is 12.1. The molecule has 0 aliphatic rings. The molecule has 0 aromatic heterocycles. The second kappa shape index (κ2) is 8.11. The van der Waals surface area contributed by atoms with Crippen LogP contribution in [0.5, 0.6) is 5.75 Å². The molecule has 24 heavy (non-hydrogen) atoms. The SMILES string of the molecule is C=CCOc1ccc(C(=O)NN=Cc2c(C)cc(C)cc2C)cc1. The molecular formula is C20H22N2O2. The summed E-state index contributed by atoms with van der Waals surface area (Å²) in [6.07, 6.45) is 3.36. The molecule has 2 rings (SSSR count). The van der Waals surface area contributed by atoms with Crippen LogP contribution in [0.4, 0.5) is 0 Å². The van der Waals surface area contributed by atoms with Crippen LogP contribution in [0.1, 0.15) is 32.6 Å². The van der Waals surface area contributed by atoms with Crippen LogP contribution in [-0.2, 0) is 0 Å². The molecule has 2 aromatic rings. The highest BCUT2D eigenvalue weighted by Crippen LogP contribution is 2.14. The Morgan fingerprint density at radius 3 is 2.38 bits per heavy atom. The summed E-state index contributed by atoms with van der Waals surface area (Å²) >= 11 is 0. The number of ether oxygens (including phenoxy) is 1. The normalized spacial score (nSPS) is 10.6. The fourth-order valence-corrected chi connectivity index (χ4v) is 2.47. The molecule has 124 valence electrons. The first kappa shape index (κ1) is 17.5. The molecule has 1 amide bonds. The van der Waals surface area contributed by atoms with E-state index in [4.69, 9.17) is 4.74 Å². The zero-order chi connectivity index (χ0) is 17.5. The number of nitrogens with one attached hydrogen (secondary N) is 1. The van der Waals surface area contributed by atoms with Gasteiger partial charge in [0, 0.05) is 11.1 Å². The second-order valence-corrected chi connectivity index (χ2v) is 5.64. The summed E-state index contributed by atoms with van der Waals surface area (Å²) in [5.74, 6) is 0.435. The van der Waals surface area contributed by atoms with Crippen molar-refractivity contribution in [1.29, 1.82) is 0 Å². The average Bonchev–Trinajstić information content (AvgIpc) is 2.55. The van der Waals surface area contributed by atoms with Crippen LogP contribution in [0, 0.1) is 20.8 Å². The Morgan fingerprint density at radius 2 is 1.79 bits per heavy atom. The first-order chi connectivity index (χ1) is 11.5. The summed E-state index contributed by atoms with van der Waals surface area (Å²) in [6, 6.07) is 11.1. The van der Waals surface area contributed by atoms with E-state index in [1.807, 2.05) is 13.8 Å². The minimum Gasteiger partial charge on any atom is -0.490 e. The quantitative estimate of drug-likeness (QED) is 0.497. The van der Waals surface area contributed by atoms with Gasteiger partial charge >= 0.3 is 0 Å². The van der Waals surface area contributed by atoms with Gasteiger partial charge in [-0.15, -0.1) is 0 Å². The molecule has 2 aromatic carbocycles. The van der Waals surface area contributed by atoms with E-state index in [2.05, 4.69) is 36.2 Å². The summed E-state index contributed by atoms with van der Waals surface area (Å²) in [5.41, 5.74) is 7.58. The number of hydrazone groups is 1. The van der Waals surface area contributed by atoms with Crippen molar-refractivity contribution < 1.29 is 9.53 Å². The Morgan fingerprint density at radius 1 is 1.17 bits per heavy atom. The Balaban J connectivity index is 2.01. The Bertz CT molecular complexity index is 739. The number of nitrogens with zero attached hydrogens (tertiary/aromatic N) is 1. The van der Waals surface area contributed by atoms with Gasteiger partial charge in [0.25, 0.3) is 5.91 Å². The Kier molecular flexibility index (Phi) is 5.90. The lowest BCUT2D eigenvalue weighted by molar-refractivity contribution is 0.0955. The molecule has 0 spiro atoms. The number of rotatable bonds is 6. The van der Waals surface area contributed by atoms with Crippen LogP contribution in [0.15, 0.2) is 54.2 Å². The third-order valence-electron chi connectivity index (χ3n) is 3.58. The highest BCUT2D eigenvalue weighted by atomic mass is 16.5. The van der Waals surface area contributed by atoms with Gasteiger partial charge in [-0.2, -0.15) is 5.10 Å². The highest BCUT2D eigenvalue weighted by molar-refractivity contribution is 5.95. The van der Waals surface area contributed by atoms with E-state index < -0.39 is 0 Å². The van der Waals surface area contributed by atoms with Crippen LogP contribution in [0.2, 0.25) is 0 Å². The minimum atomic E-state index is -0.260. The van der Waals surface area contributed by atoms with Gasteiger partial charge in [-0.25, -0.2) is 5.43 Å². The summed E-state index contributed by atoms with van der Waals surface area (Å²) in [6.45, 7) is 10.2. The smallest absolute Gasteiger partial charge is 0.271 e. The zero-order valence-electron chi connectivity index (χ0n) is 14.3. The van der Waals surface area contributed by atoms with Crippen molar-refractivity contribution in [3.8, 4) is 5.75 Å². The van der Waals surface area contributed by atoms with E-state index in [9.17, 15) is 4.79 Å². The van der Waals surface area contributed by atoms with E-state index in [1.54, 1.807) is 36.6 Å². The van der Waals surface area contributed by atoms with Gasteiger partial charge in [-0.1, -0.05) is 30.4 Å². The molecule has 0 heterocycles. The molecule has 0 fully saturated rings. The first-order valence-corrected chi connectivity index (χ1v) is 7.76. The minimum absolute atomic E-state index is 0.260. The maximum Gasteiger partial charge on any atom is 0.271 e. The first-order valence-electron chi connectivity index (χ1n) is 7.76. The highest BCUT2D eigenvalue weighted by Gasteiger charge is 2.05. The predicted octanol–water partition coefficient (Wildman–Crippen LogP) is 3.94. The molecule has 0 radical (unpaired) electrons. The fraction of sp³-hybridized carbons (Fsp3) is 0.200. The van der Waals surface area contributed by atoms with Crippen LogP contribution in [0.25, 0.3) is 0 Å². The molecule has 0 bridgehead atoms. The molecule has 0 saturated carbocycles. The molecule has 0 saturated heterocycles. The molecule has 0 aliphatic heterocycles. The largest absolute Gasteiger partial charge is 0.490 e. The molecule has 0 unspecified atom stereocenters. The van der Waals surface area contributed by atoms with Crippen molar-refractivity contribution in [2.24, 2.45) is 5.10 Å². The van der Waals surface area contributed by atoms with Gasteiger partial charge in [-0.3, -0.25) is 4.79 Å². The number of carbonyl (C=O) groups excluding carboxylic acids is 1. The molecular weight excluding hydrogens is 300 g/mol. The number of amides is 1. The van der Waals surface area contributed by atoms with Crippen LogP contribution < -0.4 is 10.2 Å². The summed E-state index contributed by atoms with van der Waals surface area (Å²) < 4.78 is 5.39. The lowest BCUT2D eigenvalue weighted by Gasteiger charge is -2.07. The van der Waals surface area contributed by atoms with Crippen LogP contribution >= 0.6 is 0 Å². The van der Waals surface area contributed by atoms with Crippen LogP contribution in [-0.4, -0.2) is 18.7 Å². The van der Waals surface area contributed by atoms with Gasteiger partial charge in [0.2, 0.25) is 0 Å². The van der Waals surface area contributed by atoms with E-state index in [0.717, 1.165) is 16.7 Å². The number of hydrogen-bond donors (Lipinski definition) is 1. The Hall–Kier alpha value is -2.88. The summed E-state index contributed by atoms with van der Waals surface area (Å²) in [5, 5.41) is 4.07. The van der Waals surface area contributed by atoms with Crippen molar-refractivity contribution in [3.05, 3.63) is 76.9 Å². The number of hydrogen-bond acceptors (Lipinski definition) is 3. The van der Waals surface area contributed by atoms with E-state index in [1.165, 1.54) is 5.56 Å². The van der Waals surface area contributed by atoms with Gasteiger partial charge in [-0.05, 0) is 56.2 Å². The monoisotopic (exact) mass is 322 g/mol. The van der Waals surface area contributed by atoms with E-state index in [0.29, 0.717) is 17.9 Å². The van der Waals surface area contributed by atoms with Crippen molar-refractivity contribution in [2.45, 2.75) is 20.8 Å². The van der Waals surface area contributed by atoms with E-state index >= 15 is 0 Å². The van der Waals surface area contributed by atoms with Gasteiger partial charge in [0.05, 0.1) is 6.21 Å². The third kappa shape index (κ3) is 4.56. The topological polar surface area (TPSA) is 50.7 Å². The molecule has 0 atom stereocenters. The number of carbonyl (C=O) groups is 1. The van der Waals surface area contributed by atoms with Crippen molar-refractivity contribution >= 4 is 12.1 Å². The molecule has 4 nitrogen and oxygen atoms in total. The van der Waals surface area contributed by atoms with Gasteiger partial charge in [0.15, 0.2) is 0 Å². The standard InChI is InChI=1S/C20H22N2O2/c1-5-10-24-18-8-6-17(7-9-18)20(23)22-21-13-19-15(3)11-14(2)12-16(19)4/h5-9,11-13H,1,10H2,2-4H3,(H,22,23). The van der Waals surface area contributed by atoms with Crippen molar-refractivity contribution in [3.63, 3.8) is 0 Å². The fourth-order valence-electron chi connectivity index (χ4n) is 2.47. The van der Waals surface area contributed by atoms with Gasteiger partial charge in [0.1, 0.15) is 12.4 Å². The van der Waals surface area contributed by atoms with Crippen molar-refractivity contribution in [1.82, 2.24) is 5.43 Å². The molecule has 0 aliphatic carbocycles. The molecule has 1 N–H and O–H groups in total. The lowest BCUT2D eigenvalue weighted by Crippen LogP contribution is -2.17. The third-order valence-corrected chi connectivity index (χ3v) is 3.58. The molecule has 4 heteroatoms. The Labute approximate surface area is 142 Å².